The Morgan fingerprint density at radius 2 is 1.93 bits per heavy atom. The third-order valence-corrected chi connectivity index (χ3v) is 4.51. The highest BCUT2D eigenvalue weighted by Crippen LogP contribution is 2.30. The Balaban J connectivity index is 2.19. The number of rotatable bonds is 10. The van der Waals surface area contributed by atoms with Crippen molar-refractivity contribution in [3.63, 3.8) is 0 Å². The van der Waals surface area contributed by atoms with Crippen molar-refractivity contribution in [3.8, 4) is 11.6 Å². The second-order valence-corrected chi connectivity index (χ2v) is 7.32. The largest absolute Gasteiger partial charge is 0.534 e. The van der Waals surface area contributed by atoms with E-state index < -0.39 is 34.3 Å². The van der Waals surface area contributed by atoms with E-state index in [9.17, 15) is 26.0 Å². The molecule has 2 rings (SSSR count). The van der Waals surface area contributed by atoms with Crippen molar-refractivity contribution >= 4 is 21.0 Å². The average molecular weight is 425 g/mol. The Hall–Kier alpha value is -2.14. The highest BCUT2D eigenvalue weighted by molar-refractivity contribution is 7.87. The Morgan fingerprint density at radius 1 is 1.18 bits per heavy atom. The third-order valence-electron chi connectivity index (χ3n) is 3.56. The number of unbranched alkanes of at least 4 members (excludes halogenated alkanes) is 1. The first kappa shape index (κ1) is 22.2. The van der Waals surface area contributed by atoms with Crippen molar-refractivity contribution in [1.29, 1.82) is 0 Å². The van der Waals surface area contributed by atoms with Gasteiger partial charge in [-0.15, -0.1) is 0 Å². The molecule has 2 aromatic rings. The minimum Gasteiger partial charge on any atom is -0.485 e. The monoisotopic (exact) mass is 425 g/mol. The minimum atomic E-state index is -5.83. The summed E-state index contributed by atoms with van der Waals surface area (Å²) in [6, 6.07) is 6.69. The predicted molar refractivity (Wildman–Crippen MR) is 93.5 cm³/mol. The van der Waals surface area contributed by atoms with Crippen LogP contribution in [0.3, 0.4) is 0 Å². The molecule has 0 spiro atoms. The molecule has 0 bridgehead atoms. The average Bonchev–Trinajstić information content (AvgIpc) is 2.63. The van der Waals surface area contributed by atoms with E-state index in [1.807, 2.05) is 6.92 Å². The van der Waals surface area contributed by atoms with Crippen molar-refractivity contribution in [3.05, 3.63) is 30.3 Å². The van der Waals surface area contributed by atoms with Crippen LogP contribution in [0, 0.1) is 0 Å². The van der Waals surface area contributed by atoms with Crippen LogP contribution in [0.1, 0.15) is 19.8 Å². The second kappa shape index (κ2) is 9.37. The fraction of sp³-hybridized carbons (Fsp3) is 0.471. The maximum absolute atomic E-state index is 13.2. The molecule has 28 heavy (non-hydrogen) atoms. The molecule has 1 aromatic carbocycles. The summed E-state index contributed by atoms with van der Waals surface area (Å²) >= 11 is 0. The molecule has 0 aliphatic carbocycles. The van der Waals surface area contributed by atoms with Gasteiger partial charge in [-0.25, -0.2) is 9.37 Å². The number of fused-ring (bicyclic) bond motifs is 1. The molecule has 1 unspecified atom stereocenters. The number of halogens is 4. The number of hydrogen-bond acceptors (Lipinski definition) is 6. The molecule has 0 radical (unpaired) electrons. The van der Waals surface area contributed by atoms with Gasteiger partial charge in [0.1, 0.15) is 12.4 Å². The van der Waals surface area contributed by atoms with Crippen LogP contribution in [-0.4, -0.2) is 44.9 Å². The molecule has 0 amide bonds. The zero-order chi connectivity index (χ0) is 20.8. The van der Waals surface area contributed by atoms with E-state index in [1.54, 1.807) is 0 Å². The first-order valence-electron chi connectivity index (χ1n) is 8.39. The van der Waals surface area contributed by atoms with Crippen LogP contribution >= 0.6 is 0 Å². The van der Waals surface area contributed by atoms with Crippen molar-refractivity contribution in [2.24, 2.45) is 0 Å². The molecular weight excluding hydrogens is 406 g/mol. The molecule has 1 atom stereocenters. The smallest absolute Gasteiger partial charge is 0.485 e. The quantitative estimate of drug-likeness (QED) is 0.248. The Labute approximate surface area is 159 Å². The summed E-state index contributed by atoms with van der Waals surface area (Å²) in [7, 11) is -5.83. The van der Waals surface area contributed by atoms with Crippen LogP contribution in [0.2, 0.25) is 0 Å². The first-order chi connectivity index (χ1) is 13.2. The molecule has 1 aromatic heterocycles. The predicted octanol–water partition coefficient (Wildman–Crippen LogP) is 4.00. The Morgan fingerprint density at radius 3 is 2.57 bits per heavy atom. The number of ether oxygens (including phenoxy) is 2. The molecular formula is C17H19F4NO5S. The Kier molecular flexibility index (Phi) is 7.41. The summed E-state index contributed by atoms with van der Waals surface area (Å²) in [4.78, 5) is 3.75. The summed E-state index contributed by atoms with van der Waals surface area (Å²) in [6.45, 7) is 1.70. The van der Waals surface area contributed by atoms with Gasteiger partial charge in [-0.3, -0.25) is 0 Å². The van der Waals surface area contributed by atoms with Gasteiger partial charge < -0.3 is 13.7 Å². The van der Waals surface area contributed by atoms with Gasteiger partial charge in [0, 0.05) is 18.1 Å². The van der Waals surface area contributed by atoms with Crippen molar-refractivity contribution < 1.29 is 39.6 Å². The van der Waals surface area contributed by atoms with E-state index in [2.05, 4.69) is 9.17 Å². The maximum Gasteiger partial charge on any atom is 0.534 e. The highest BCUT2D eigenvalue weighted by atomic mass is 32.2. The van der Waals surface area contributed by atoms with E-state index in [0.29, 0.717) is 12.0 Å². The van der Waals surface area contributed by atoms with Crippen molar-refractivity contribution in [2.45, 2.75) is 31.4 Å². The van der Waals surface area contributed by atoms with Crippen LogP contribution in [0.25, 0.3) is 10.9 Å². The summed E-state index contributed by atoms with van der Waals surface area (Å²) < 4.78 is 87.6. The number of hydrogen-bond donors (Lipinski definition) is 0. The van der Waals surface area contributed by atoms with Crippen molar-refractivity contribution in [2.75, 3.05) is 19.9 Å². The number of aromatic nitrogens is 1. The number of alkyl halides is 4. The number of pyridine rings is 1. The molecule has 0 N–H and O–H groups in total. The lowest BCUT2D eigenvalue weighted by Gasteiger charge is -2.17. The van der Waals surface area contributed by atoms with Crippen LogP contribution < -0.4 is 8.92 Å². The molecule has 0 saturated carbocycles. The molecule has 0 aliphatic rings. The fourth-order valence-corrected chi connectivity index (χ4v) is 2.58. The van der Waals surface area contributed by atoms with Gasteiger partial charge in [-0.05, 0) is 24.6 Å². The summed E-state index contributed by atoms with van der Waals surface area (Å²) in [5.74, 6) is -0.510. The van der Waals surface area contributed by atoms with Gasteiger partial charge in [0.05, 0.1) is 12.1 Å². The fourth-order valence-electron chi connectivity index (χ4n) is 2.17. The van der Waals surface area contributed by atoms with Crippen LogP contribution in [0.4, 0.5) is 17.6 Å². The molecule has 0 fully saturated rings. The van der Waals surface area contributed by atoms with Crippen molar-refractivity contribution in [1.82, 2.24) is 4.98 Å². The molecule has 0 saturated heterocycles. The topological polar surface area (TPSA) is 74.7 Å². The first-order valence-corrected chi connectivity index (χ1v) is 9.79. The number of benzene rings is 1. The van der Waals surface area contributed by atoms with E-state index in [4.69, 9.17) is 9.47 Å². The minimum absolute atomic E-state index is 0.0331. The maximum atomic E-state index is 13.2. The zero-order valence-electron chi connectivity index (χ0n) is 14.9. The van der Waals surface area contributed by atoms with Gasteiger partial charge in [0.25, 0.3) is 0 Å². The summed E-state index contributed by atoms with van der Waals surface area (Å²) in [5.41, 5.74) is -5.45. The summed E-state index contributed by atoms with van der Waals surface area (Å²) in [5, 5.41) is 0.353. The molecule has 6 nitrogen and oxygen atoms in total. The lowest BCUT2D eigenvalue weighted by atomic mass is 10.2. The van der Waals surface area contributed by atoms with Gasteiger partial charge in [-0.1, -0.05) is 19.4 Å². The SMILES string of the molecule is CCCCOCC(CF)Oc1cccc2nc(OS(=O)(=O)C(F)(F)F)ccc12. The van der Waals surface area contributed by atoms with Gasteiger partial charge in [0.15, 0.2) is 6.10 Å². The molecule has 0 aliphatic heterocycles. The van der Waals surface area contributed by atoms with Crippen LogP contribution in [0.15, 0.2) is 30.3 Å². The van der Waals surface area contributed by atoms with E-state index >= 15 is 0 Å². The number of nitrogens with zero attached hydrogens (tertiary/aromatic N) is 1. The standard InChI is InChI=1S/C17H19F4NO5S/c1-2-3-9-25-11-12(10-18)26-15-6-4-5-14-13(15)7-8-16(22-14)27-28(23,24)17(19,20)21/h4-8,12H,2-3,9-11H2,1H3. The van der Waals surface area contributed by atoms with Crippen LogP contribution in [-0.2, 0) is 14.9 Å². The highest BCUT2D eigenvalue weighted by Gasteiger charge is 2.48. The second-order valence-electron chi connectivity index (χ2n) is 5.78. The zero-order valence-corrected chi connectivity index (χ0v) is 15.7. The Bertz CT molecular complexity index is 889. The van der Waals surface area contributed by atoms with Gasteiger partial charge in [-0.2, -0.15) is 21.6 Å². The van der Waals surface area contributed by atoms with Gasteiger partial charge in [0.2, 0.25) is 5.88 Å². The van der Waals surface area contributed by atoms with Crippen LogP contribution in [0.5, 0.6) is 11.6 Å². The van der Waals surface area contributed by atoms with E-state index in [0.717, 1.165) is 18.9 Å². The molecule has 11 heteroatoms. The normalized spacial score (nSPS) is 13.5. The lowest BCUT2D eigenvalue weighted by Crippen LogP contribution is -2.28. The van der Waals surface area contributed by atoms with E-state index in [1.165, 1.54) is 24.3 Å². The van der Waals surface area contributed by atoms with Gasteiger partial charge >= 0.3 is 15.6 Å². The summed E-state index contributed by atoms with van der Waals surface area (Å²) in [6.07, 6.45) is 0.898. The lowest BCUT2D eigenvalue weighted by molar-refractivity contribution is -0.0501. The molecule has 1 heterocycles. The van der Waals surface area contributed by atoms with E-state index in [-0.39, 0.29) is 17.9 Å². The molecule has 156 valence electrons. The third kappa shape index (κ3) is 5.68.